The minimum atomic E-state index is -4.44. The number of imidazole rings is 1. The summed E-state index contributed by atoms with van der Waals surface area (Å²) in [5.41, 5.74) is 0.581. The Balaban J connectivity index is 1.30. The van der Waals surface area contributed by atoms with Crippen molar-refractivity contribution in [2.75, 3.05) is 26.2 Å². The second-order valence-corrected chi connectivity index (χ2v) is 14.5. The van der Waals surface area contributed by atoms with Gasteiger partial charge in [0, 0.05) is 24.0 Å². The van der Waals surface area contributed by atoms with Gasteiger partial charge >= 0.3 is 24.0 Å². The van der Waals surface area contributed by atoms with E-state index in [2.05, 4.69) is 15.4 Å². The van der Waals surface area contributed by atoms with E-state index in [1.54, 1.807) is 45.0 Å². The third-order valence-corrected chi connectivity index (χ3v) is 9.30. The maximum atomic E-state index is 14.1. The van der Waals surface area contributed by atoms with Gasteiger partial charge in [-0.15, -0.1) is 0 Å². The lowest BCUT2D eigenvalue weighted by atomic mass is 9.81. The molecular formula is C35H38F6N6O5. The number of amides is 3. The van der Waals surface area contributed by atoms with Crippen molar-refractivity contribution in [3.8, 4) is 0 Å². The van der Waals surface area contributed by atoms with E-state index < -0.39 is 73.1 Å². The van der Waals surface area contributed by atoms with Crippen LogP contribution in [0.4, 0.5) is 35.9 Å². The van der Waals surface area contributed by atoms with Crippen molar-refractivity contribution in [3.05, 3.63) is 71.2 Å². The number of aromatic nitrogens is 3. The molecule has 3 aliphatic rings. The van der Waals surface area contributed by atoms with E-state index in [0.29, 0.717) is 10.6 Å². The summed E-state index contributed by atoms with van der Waals surface area (Å²) < 4.78 is 96.9. The van der Waals surface area contributed by atoms with Crippen molar-refractivity contribution in [1.82, 2.24) is 29.7 Å². The fraction of sp³-hybridized carbons (Fsp3) is 0.514. The number of hydrogen-bond donors (Lipinski definition) is 1. The number of likely N-dealkylation sites (tertiary alicyclic amines) is 1. The van der Waals surface area contributed by atoms with Crippen LogP contribution in [0.1, 0.15) is 69.3 Å². The maximum Gasteiger partial charge on any atom is 0.410 e. The molecule has 2 aliphatic heterocycles. The molecule has 2 fully saturated rings. The molecule has 1 aliphatic carbocycles. The molecule has 1 atom stereocenters. The highest BCUT2D eigenvalue weighted by molar-refractivity contribution is 6.04. The first kappa shape index (κ1) is 36.9. The minimum Gasteiger partial charge on any atom is -0.445 e. The van der Waals surface area contributed by atoms with Crippen LogP contribution in [0.25, 0.3) is 11.2 Å². The minimum absolute atomic E-state index is 0.0264. The summed E-state index contributed by atoms with van der Waals surface area (Å²) in [4.78, 5) is 45.7. The molecule has 0 bridgehead atoms. The monoisotopic (exact) mass is 736 g/mol. The van der Waals surface area contributed by atoms with Crippen LogP contribution < -0.4 is 5.32 Å². The average Bonchev–Trinajstić information content (AvgIpc) is 3.75. The van der Waals surface area contributed by atoms with Crippen molar-refractivity contribution in [3.63, 3.8) is 0 Å². The summed E-state index contributed by atoms with van der Waals surface area (Å²) in [7, 11) is 0. The molecule has 4 heterocycles. The topological polar surface area (TPSA) is 118 Å². The van der Waals surface area contributed by atoms with Gasteiger partial charge in [-0.1, -0.05) is 30.3 Å². The Hall–Kier alpha value is -4.83. The highest BCUT2D eigenvalue weighted by Crippen LogP contribution is 2.43. The molecule has 0 spiro atoms. The molecule has 3 amide bonds. The van der Waals surface area contributed by atoms with Crippen molar-refractivity contribution < 1.29 is 50.2 Å². The van der Waals surface area contributed by atoms with Gasteiger partial charge in [-0.25, -0.2) is 27.9 Å². The Morgan fingerprint density at radius 1 is 0.962 bits per heavy atom. The van der Waals surface area contributed by atoms with Gasteiger partial charge in [0.1, 0.15) is 12.2 Å². The van der Waals surface area contributed by atoms with Crippen LogP contribution in [0.3, 0.4) is 0 Å². The Morgan fingerprint density at radius 2 is 1.62 bits per heavy atom. The van der Waals surface area contributed by atoms with E-state index in [4.69, 9.17) is 9.47 Å². The quantitative estimate of drug-likeness (QED) is 0.271. The number of hydrogen-bond acceptors (Lipinski definition) is 7. The predicted octanol–water partition coefficient (Wildman–Crippen LogP) is 6.64. The van der Waals surface area contributed by atoms with Gasteiger partial charge < -0.3 is 19.7 Å². The molecule has 280 valence electrons. The van der Waals surface area contributed by atoms with Crippen LogP contribution in [0.5, 0.6) is 0 Å². The molecular weight excluding hydrogens is 698 g/mol. The molecule has 1 N–H and O–H groups in total. The lowest BCUT2D eigenvalue weighted by molar-refractivity contribution is -0.172. The number of fused-ring (bicyclic) bond motifs is 1. The molecule has 17 heteroatoms. The molecule has 52 heavy (non-hydrogen) atoms. The highest BCUT2D eigenvalue weighted by atomic mass is 19.3. The van der Waals surface area contributed by atoms with Crippen molar-refractivity contribution in [1.29, 1.82) is 0 Å². The molecule has 1 aromatic carbocycles. The third-order valence-electron chi connectivity index (χ3n) is 9.30. The molecule has 3 aromatic rings. The van der Waals surface area contributed by atoms with E-state index in [1.807, 2.05) is 6.07 Å². The lowest BCUT2D eigenvalue weighted by Crippen LogP contribution is -2.38. The number of carbonyl (C=O) groups is 3. The number of rotatable bonds is 7. The number of ether oxygens (including phenoxy) is 2. The number of halogens is 6. The number of benzene rings is 1. The molecule has 0 unspecified atom stereocenters. The predicted molar refractivity (Wildman–Crippen MR) is 174 cm³/mol. The summed E-state index contributed by atoms with van der Waals surface area (Å²) in [6.07, 6.45) is 0.698. The van der Waals surface area contributed by atoms with Gasteiger partial charge in [0.15, 0.2) is 5.65 Å². The Morgan fingerprint density at radius 3 is 2.25 bits per heavy atom. The Kier molecular flexibility index (Phi) is 9.68. The first-order valence-corrected chi connectivity index (χ1v) is 16.8. The summed E-state index contributed by atoms with van der Waals surface area (Å²) in [5, 5.41) is 7.16. The number of alkyl halides is 6. The molecule has 0 radical (unpaired) electrons. The van der Waals surface area contributed by atoms with Crippen molar-refractivity contribution >= 4 is 29.3 Å². The second kappa shape index (κ2) is 13.6. The molecule has 11 nitrogen and oxygen atoms in total. The summed E-state index contributed by atoms with van der Waals surface area (Å²) in [6, 6.07) is 9.62. The zero-order chi connectivity index (χ0) is 37.6. The Bertz CT molecular complexity index is 1850. The zero-order valence-electron chi connectivity index (χ0n) is 28.7. The largest absolute Gasteiger partial charge is 0.445 e. The summed E-state index contributed by atoms with van der Waals surface area (Å²) >= 11 is 0. The lowest BCUT2D eigenvalue weighted by Gasteiger charge is -2.33. The fourth-order valence-corrected chi connectivity index (χ4v) is 6.58. The van der Waals surface area contributed by atoms with E-state index in [0.717, 1.165) is 10.5 Å². The number of carbonyl (C=O) groups excluding carboxylic acids is 3. The van der Waals surface area contributed by atoms with Gasteiger partial charge in [0.25, 0.3) is 5.91 Å². The number of alkyl carbamates (subject to hydrolysis) is 1. The normalized spacial score (nSPS) is 20.6. The van der Waals surface area contributed by atoms with E-state index in [9.17, 15) is 40.7 Å². The third kappa shape index (κ3) is 7.97. The fourth-order valence-electron chi connectivity index (χ4n) is 6.58. The van der Waals surface area contributed by atoms with Gasteiger partial charge in [-0.05, 0) is 56.7 Å². The zero-order valence-corrected chi connectivity index (χ0v) is 28.7. The van der Waals surface area contributed by atoms with Crippen LogP contribution >= 0.6 is 0 Å². The first-order valence-electron chi connectivity index (χ1n) is 16.8. The van der Waals surface area contributed by atoms with Crippen LogP contribution in [0, 0.1) is 5.92 Å². The van der Waals surface area contributed by atoms with Gasteiger partial charge in [0.2, 0.25) is 5.92 Å². The molecule has 1 saturated heterocycles. The van der Waals surface area contributed by atoms with Gasteiger partial charge in [0.05, 0.1) is 50.3 Å². The SMILES string of the molecule is CC(C)(C)OC(=O)N1CC(C(=O)N2CC(F)(F)C(F)(F)C2)=C(c2cnn3cc([C@@H](NC(=O)OCc4ccccc4)C4CCC(F)(F)CC4)nc3c2)C1. The van der Waals surface area contributed by atoms with Crippen molar-refractivity contribution in [2.45, 2.75) is 82.5 Å². The molecule has 2 aromatic heterocycles. The smallest absolute Gasteiger partial charge is 0.410 e. The molecule has 1 saturated carbocycles. The summed E-state index contributed by atoms with van der Waals surface area (Å²) in [6.45, 7) is 1.24. The van der Waals surface area contributed by atoms with Gasteiger partial charge in [-0.3, -0.25) is 9.69 Å². The van der Waals surface area contributed by atoms with E-state index in [1.165, 1.54) is 23.0 Å². The van der Waals surface area contributed by atoms with Gasteiger partial charge in [-0.2, -0.15) is 22.7 Å². The molecule has 6 rings (SSSR count). The van der Waals surface area contributed by atoms with Crippen molar-refractivity contribution in [2.24, 2.45) is 5.92 Å². The summed E-state index contributed by atoms with van der Waals surface area (Å²) in [5.74, 6) is -13.2. The Labute approximate surface area is 294 Å². The standard InChI is InChI=1S/C35H38F6N6O5/c1-32(2,3)52-31(50)45-15-24(25(16-45)29(48)46-19-34(38,39)35(40,41)20-46)23-13-27-43-26(17-47(27)42-14-23)28(22-9-11-33(36,37)12-10-22)44-30(49)51-18-21-7-5-4-6-8-21/h4-8,13-14,17,22,28H,9-12,15-16,18-20H2,1-3H3,(H,44,49)/t28-/m0/s1. The first-order chi connectivity index (χ1) is 24.3. The van der Waals surface area contributed by atoms with Crippen LogP contribution in [0.15, 0.2) is 54.4 Å². The average molecular weight is 737 g/mol. The maximum absolute atomic E-state index is 14.1. The van der Waals surface area contributed by atoms with E-state index >= 15 is 0 Å². The number of nitrogens with one attached hydrogen (secondary N) is 1. The second-order valence-electron chi connectivity index (χ2n) is 14.5. The van der Waals surface area contributed by atoms with Crippen LogP contribution in [-0.2, 0) is 20.9 Å². The van der Waals surface area contributed by atoms with Crippen LogP contribution in [0.2, 0.25) is 0 Å². The number of nitrogens with zero attached hydrogens (tertiary/aromatic N) is 5. The highest BCUT2D eigenvalue weighted by Gasteiger charge is 2.64. The van der Waals surface area contributed by atoms with E-state index in [-0.39, 0.29) is 61.2 Å². The van der Waals surface area contributed by atoms with Crippen LogP contribution in [-0.4, -0.2) is 92.0 Å².